The van der Waals surface area contributed by atoms with Gasteiger partial charge in [0.1, 0.15) is 17.3 Å². The molecule has 3 aromatic carbocycles. The molecule has 0 fully saturated rings. The summed E-state index contributed by atoms with van der Waals surface area (Å²) in [5.74, 6) is 1.05. The lowest BCUT2D eigenvalue weighted by molar-refractivity contribution is 0.300. The number of hydrogen-bond acceptors (Lipinski definition) is 5. The predicted molar refractivity (Wildman–Crippen MR) is 195 cm³/mol. The van der Waals surface area contributed by atoms with Crippen molar-refractivity contribution < 1.29 is 13.2 Å². The van der Waals surface area contributed by atoms with Crippen LogP contribution in [0, 0.1) is 0 Å². The monoisotopic (exact) mass is 740 g/mol. The number of nitrogens with one attached hydrogen (secondary N) is 3. The fourth-order valence-corrected chi connectivity index (χ4v) is 7.08. The van der Waals surface area contributed by atoms with Crippen molar-refractivity contribution in [3.63, 3.8) is 0 Å². The Morgan fingerprint density at radius 3 is 2.15 bits per heavy atom. The molecule has 13 heteroatoms. The van der Waals surface area contributed by atoms with E-state index in [4.69, 9.17) is 51.1 Å². The van der Waals surface area contributed by atoms with Gasteiger partial charge in [0.15, 0.2) is 0 Å². The average molecular weight is 743 g/mol. The van der Waals surface area contributed by atoms with Crippen LogP contribution in [-0.2, 0) is 20.9 Å². The van der Waals surface area contributed by atoms with E-state index < -0.39 is 15.6 Å². The van der Waals surface area contributed by atoms with Gasteiger partial charge in [0, 0.05) is 23.2 Å². The summed E-state index contributed by atoms with van der Waals surface area (Å²) in [5.41, 5.74) is 2.41. The van der Waals surface area contributed by atoms with E-state index in [0.717, 1.165) is 28.8 Å². The molecule has 1 heterocycles. The number of halogens is 4. The maximum atomic E-state index is 13.2. The van der Waals surface area contributed by atoms with Crippen molar-refractivity contribution in [2.45, 2.75) is 76.5 Å². The summed E-state index contributed by atoms with van der Waals surface area (Å²) in [6, 6.07) is 14.9. The van der Waals surface area contributed by atoms with Crippen LogP contribution in [0.4, 0.5) is 11.5 Å². The van der Waals surface area contributed by atoms with Crippen LogP contribution in [0.2, 0.25) is 20.1 Å². The summed E-state index contributed by atoms with van der Waals surface area (Å²) < 4.78 is 36.4. The second kappa shape index (κ2) is 14.8. The Kier molecular flexibility index (Phi) is 11.7. The summed E-state index contributed by atoms with van der Waals surface area (Å²) >= 11 is 24.9. The standard InChI is InChI=1S/C34H40Cl4N4O4S/c1-7-33(3,4)21-10-13-29(24(16-21)34(5,6)8-2)46-15-9-14-39-47(44,45)23-11-12-25(36)28(19-23)40-30-20-31(43)42(41-30)32-26(37)17-22(35)18-27(32)38/h10-13,16-20,39-41H,7-9,14-15H2,1-6H3. The van der Waals surface area contributed by atoms with Crippen molar-refractivity contribution in [3.05, 3.63) is 96.2 Å². The van der Waals surface area contributed by atoms with E-state index in [1.165, 1.54) is 42.0 Å². The normalized spacial score (nSPS) is 12.4. The number of aromatic amines is 1. The molecule has 47 heavy (non-hydrogen) atoms. The zero-order valence-electron chi connectivity index (χ0n) is 27.2. The number of rotatable bonds is 14. The average Bonchev–Trinajstić information content (AvgIpc) is 3.36. The molecule has 1 aromatic heterocycles. The lowest BCUT2D eigenvalue weighted by Gasteiger charge is -2.30. The van der Waals surface area contributed by atoms with E-state index in [1.54, 1.807) is 0 Å². The van der Waals surface area contributed by atoms with Gasteiger partial charge in [0.2, 0.25) is 10.0 Å². The summed E-state index contributed by atoms with van der Waals surface area (Å²) in [7, 11) is -3.89. The second-order valence-corrected chi connectivity index (χ2v) is 16.0. The van der Waals surface area contributed by atoms with Crippen LogP contribution in [0.15, 0.2) is 64.3 Å². The number of ether oxygens (including phenoxy) is 1. The van der Waals surface area contributed by atoms with Gasteiger partial charge in [-0.25, -0.2) is 17.8 Å². The summed E-state index contributed by atoms with van der Waals surface area (Å²) in [5, 5.41) is 6.73. The number of sulfonamides is 1. The first-order valence-electron chi connectivity index (χ1n) is 15.3. The number of aromatic nitrogens is 2. The quantitative estimate of drug-likeness (QED) is 0.112. The Morgan fingerprint density at radius 2 is 1.51 bits per heavy atom. The fourth-order valence-electron chi connectivity index (χ4n) is 4.83. The molecular weight excluding hydrogens is 702 g/mol. The lowest BCUT2D eigenvalue weighted by Crippen LogP contribution is -2.26. The summed E-state index contributed by atoms with van der Waals surface area (Å²) in [4.78, 5) is 12.7. The molecule has 0 aliphatic rings. The van der Waals surface area contributed by atoms with E-state index in [0.29, 0.717) is 18.1 Å². The van der Waals surface area contributed by atoms with Gasteiger partial charge in [-0.2, -0.15) is 0 Å². The molecule has 4 aromatic rings. The Morgan fingerprint density at radius 1 is 0.851 bits per heavy atom. The zero-order valence-corrected chi connectivity index (χ0v) is 31.1. The van der Waals surface area contributed by atoms with E-state index in [1.807, 2.05) is 6.07 Å². The minimum atomic E-state index is -3.89. The molecule has 4 rings (SSSR count). The Hall–Kier alpha value is -2.66. The van der Waals surface area contributed by atoms with Crippen molar-refractivity contribution in [3.8, 4) is 11.4 Å². The van der Waals surface area contributed by atoms with E-state index in [2.05, 4.69) is 68.8 Å². The fraction of sp³-hybridized carbons (Fsp3) is 0.382. The van der Waals surface area contributed by atoms with E-state index >= 15 is 0 Å². The van der Waals surface area contributed by atoms with Crippen LogP contribution in [-0.4, -0.2) is 31.3 Å². The van der Waals surface area contributed by atoms with Crippen molar-refractivity contribution in [1.82, 2.24) is 14.5 Å². The van der Waals surface area contributed by atoms with Crippen molar-refractivity contribution >= 4 is 67.9 Å². The van der Waals surface area contributed by atoms with Crippen LogP contribution in [0.3, 0.4) is 0 Å². The van der Waals surface area contributed by atoms with Crippen LogP contribution in [0.25, 0.3) is 5.69 Å². The minimum absolute atomic E-state index is 0.00278. The van der Waals surface area contributed by atoms with Gasteiger partial charge in [0.05, 0.1) is 32.3 Å². The largest absolute Gasteiger partial charge is 0.493 e. The van der Waals surface area contributed by atoms with Crippen molar-refractivity contribution in [2.24, 2.45) is 0 Å². The van der Waals surface area contributed by atoms with Crippen LogP contribution < -0.4 is 20.3 Å². The molecule has 0 unspecified atom stereocenters. The molecule has 0 atom stereocenters. The van der Waals surface area contributed by atoms with Crippen LogP contribution >= 0.6 is 46.4 Å². The van der Waals surface area contributed by atoms with Gasteiger partial charge < -0.3 is 10.1 Å². The summed E-state index contributed by atoms with van der Waals surface area (Å²) in [6.07, 6.45) is 2.42. The van der Waals surface area contributed by atoms with Crippen LogP contribution in [0.5, 0.6) is 5.75 Å². The third-order valence-electron chi connectivity index (χ3n) is 8.57. The maximum Gasteiger partial charge on any atom is 0.273 e. The van der Waals surface area contributed by atoms with Gasteiger partial charge in [-0.3, -0.25) is 9.89 Å². The Labute approximate surface area is 296 Å². The lowest BCUT2D eigenvalue weighted by atomic mass is 9.76. The first-order chi connectivity index (χ1) is 22.0. The van der Waals surface area contributed by atoms with Gasteiger partial charge >= 0.3 is 0 Å². The van der Waals surface area contributed by atoms with Gasteiger partial charge in [-0.05, 0) is 72.1 Å². The van der Waals surface area contributed by atoms with Gasteiger partial charge in [-0.15, -0.1) is 0 Å². The molecule has 0 aliphatic carbocycles. The predicted octanol–water partition coefficient (Wildman–Crippen LogP) is 9.65. The maximum absolute atomic E-state index is 13.2. The first-order valence-corrected chi connectivity index (χ1v) is 18.3. The first kappa shape index (κ1) is 37.2. The molecular formula is C34H40Cl4N4O4S. The number of benzene rings is 3. The smallest absolute Gasteiger partial charge is 0.273 e. The van der Waals surface area contributed by atoms with Gasteiger partial charge in [-0.1, -0.05) is 100 Å². The Bertz CT molecular complexity index is 1900. The number of H-pyrrole nitrogens is 1. The third-order valence-corrected chi connectivity index (χ3v) is 11.2. The van der Waals surface area contributed by atoms with Crippen molar-refractivity contribution in [1.29, 1.82) is 0 Å². The molecule has 0 saturated heterocycles. The highest BCUT2D eigenvalue weighted by molar-refractivity contribution is 7.89. The third kappa shape index (κ3) is 8.69. The number of nitrogens with zero attached hydrogens (tertiary/aromatic N) is 1. The molecule has 0 aliphatic heterocycles. The molecule has 3 N–H and O–H groups in total. The summed E-state index contributed by atoms with van der Waals surface area (Å²) in [6.45, 7) is 13.8. The molecule has 254 valence electrons. The Balaban J connectivity index is 1.43. The highest BCUT2D eigenvalue weighted by Crippen LogP contribution is 2.38. The topological polar surface area (TPSA) is 105 Å². The highest BCUT2D eigenvalue weighted by atomic mass is 35.5. The molecule has 0 amide bonds. The number of anilines is 2. The van der Waals surface area contributed by atoms with Crippen LogP contribution in [0.1, 0.15) is 71.9 Å². The van der Waals surface area contributed by atoms with E-state index in [-0.39, 0.29) is 54.5 Å². The SMILES string of the molecule is CCC(C)(C)c1ccc(OCCCNS(=O)(=O)c2ccc(Cl)c(Nc3cc(=O)n(-c4c(Cl)cc(Cl)cc4Cl)[nH]3)c2)c(C(C)(C)CC)c1. The number of hydrogen-bond donors (Lipinski definition) is 3. The van der Waals surface area contributed by atoms with Gasteiger partial charge in [0.25, 0.3) is 5.56 Å². The molecule has 8 nitrogen and oxygen atoms in total. The minimum Gasteiger partial charge on any atom is -0.493 e. The zero-order chi connectivity index (χ0) is 34.7. The second-order valence-electron chi connectivity index (χ2n) is 12.6. The van der Waals surface area contributed by atoms with E-state index in [9.17, 15) is 13.2 Å². The molecule has 0 spiro atoms. The van der Waals surface area contributed by atoms with Crippen molar-refractivity contribution in [2.75, 3.05) is 18.5 Å². The molecule has 0 radical (unpaired) electrons. The molecule has 0 bridgehead atoms. The highest BCUT2D eigenvalue weighted by Gasteiger charge is 2.27. The molecule has 0 saturated carbocycles.